The predicted octanol–water partition coefficient (Wildman–Crippen LogP) is 4.38. The number of nitrogens with one attached hydrogen (secondary N) is 2. The Morgan fingerprint density at radius 1 is 0.893 bits per heavy atom. The van der Waals surface area contributed by atoms with E-state index < -0.39 is 5.82 Å². The third-order valence-corrected chi connectivity index (χ3v) is 3.86. The second-order valence-electron chi connectivity index (χ2n) is 5.98. The van der Waals surface area contributed by atoms with Gasteiger partial charge in [-0.1, -0.05) is 36.4 Å². The van der Waals surface area contributed by atoms with Gasteiger partial charge in [0.2, 0.25) is 5.91 Å². The highest BCUT2D eigenvalue weighted by atomic mass is 19.1. The van der Waals surface area contributed by atoms with E-state index >= 15 is 0 Å². The molecule has 142 valence electrons. The van der Waals surface area contributed by atoms with Gasteiger partial charge in [-0.05, 0) is 36.4 Å². The van der Waals surface area contributed by atoms with Crippen LogP contribution in [0, 0.1) is 5.82 Å². The maximum Gasteiger partial charge on any atom is 0.251 e. The Kier molecular flexibility index (Phi) is 6.36. The van der Waals surface area contributed by atoms with Crippen LogP contribution < -0.4 is 15.4 Å². The summed E-state index contributed by atoms with van der Waals surface area (Å²) in [6, 6.07) is 21.4. The fourth-order valence-electron chi connectivity index (χ4n) is 2.51. The van der Waals surface area contributed by atoms with Gasteiger partial charge in [0.1, 0.15) is 11.6 Å². The van der Waals surface area contributed by atoms with Crippen molar-refractivity contribution in [1.82, 2.24) is 5.32 Å². The molecule has 0 bridgehead atoms. The van der Waals surface area contributed by atoms with Gasteiger partial charge in [-0.2, -0.15) is 0 Å². The molecule has 0 radical (unpaired) electrons. The average molecular weight is 378 g/mol. The average Bonchev–Trinajstić information content (AvgIpc) is 2.70. The third-order valence-electron chi connectivity index (χ3n) is 3.86. The summed E-state index contributed by atoms with van der Waals surface area (Å²) in [6.45, 7) is 0.201. The monoisotopic (exact) mass is 378 g/mol. The van der Waals surface area contributed by atoms with Crippen molar-refractivity contribution in [2.45, 2.75) is 6.42 Å². The maximum atomic E-state index is 13.3. The third kappa shape index (κ3) is 5.41. The van der Waals surface area contributed by atoms with Crippen molar-refractivity contribution in [3.63, 3.8) is 0 Å². The Bertz CT molecular complexity index is 961. The van der Waals surface area contributed by atoms with Crippen LogP contribution >= 0.6 is 0 Å². The van der Waals surface area contributed by atoms with Crippen LogP contribution in [0.5, 0.6) is 11.5 Å². The molecular weight excluding hydrogens is 359 g/mol. The van der Waals surface area contributed by atoms with E-state index in [2.05, 4.69) is 10.6 Å². The molecule has 0 aliphatic carbocycles. The van der Waals surface area contributed by atoms with Crippen molar-refractivity contribution in [2.24, 2.45) is 0 Å². The zero-order valence-electron chi connectivity index (χ0n) is 15.0. The molecule has 0 aromatic heterocycles. The molecule has 0 heterocycles. The van der Waals surface area contributed by atoms with Crippen molar-refractivity contribution >= 4 is 17.5 Å². The fourth-order valence-corrected chi connectivity index (χ4v) is 2.51. The molecule has 0 saturated heterocycles. The molecule has 28 heavy (non-hydrogen) atoms. The lowest BCUT2D eigenvalue weighted by atomic mass is 10.2. The number of anilines is 1. The highest BCUT2D eigenvalue weighted by Crippen LogP contribution is 2.29. The minimum absolute atomic E-state index is 0.104. The number of amides is 2. The first-order valence-corrected chi connectivity index (χ1v) is 8.77. The van der Waals surface area contributed by atoms with Crippen LogP contribution in [-0.4, -0.2) is 18.4 Å². The van der Waals surface area contributed by atoms with Crippen LogP contribution in [0.1, 0.15) is 16.8 Å². The largest absolute Gasteiger partial charge is 0.455 e. The van der Waals surface area contributed by atoms with Crippen LogP contribution in [-0.2, 0) is 4.79 Å². The van der Waals surface area contributed by atoms with E-state index in [9.17, 15) is 14.0 Å². The van der Waals surface area contributed by atoms with Gasteiger partial charge in [0, 0.05) is 24.6 Å². The van der Waals surface area contributed by atoms with Gasteiger partial charge < -0.3 is 15.4 Å². The quantitative estimate of drug-likeness (QED) is 0.641. The molecule has 5 nitrogen and oxygen atoms in total. The first-order chi connectivity index (χ1) is 13.6. The number of benzene rings is 3. The van der Waals surface area contributed by atoms with E-state index in [1.165, 1.54) is 12.1 Å². The SMILES string of the molecule is O=C(CCNC(=O)c1ccccc1)Nc1ccccc1Oc1cccc(F)c1. The smallest absolute Gasteiger partial charge is 0.251 e. The van der Waals surface area contributed by atoms with Gasteiger partial charge in [-0.3, -0.25) is 9.59 Å². The molecule has 2 N–H and O–H groups in total. The summed E-state index contributed by atoms with van der Waals surface area (Å²) in [5.74, 6) is -0.188. The van der Waals surface area contributed by atoms with E-state index in [1.54, 1.807) is 60.7 Å². The zero-order valence-corrected chi connectivity index (χ0v) is 15.0. The molecule has 0 saturated carbocycles. The van der Waals surface area contributed by atoms with E-state index in [-0.39, 0.29) is 24.8 Å². The lowest BCUT2D eigenvalue weighted by Crippen LogP contribution is -2.27. The molecule has 2 amide bonds. The molecule has 3 aromatic rings. The van der Waals surface area contributed by atoms with Crippen molar-refractivity contribution in [2.75, 3.05) is 11.9 Å². The van der Waals surface area contributed by atoms with E-state index in [1.807, 2.05) is 6.07 Å². The van der Waals surface area contributed by atoms with Crippen LogP contribution in [0.25, 0.3) is 0 Å². The topological polar surface area (TPSA) is 67.4 Å². The van der Waals surface area contributed by atoms with Crippen molar-refractivity contribution in [1.29, 1.82) is 0 Å². The fraction of sp³-hybridized carbons (Fsp3) is 0.0909. The minimum Gasteiger partial charge on any atom is -0.455 e. The molecular formula is C22H19FN2O3. The van der Waals surface area contributed by atoms with E-state index in [4.69, 9.17) is 4.74 Å². The summed E-state index contributed by atoms with van der Waals surface area (Å²) in [5, 5.41) is 5.45. The minimum atomic E-state index is -0.409. The molecule has 0 fully saturated rings. The summed E-state index contributed by atoms with van der Waals surface area (Å²) in [4.78, 5) is 24.2. The molecule has 0 unspecified atom stereocenters. The number of carbonyl (C=O) groups excluding carboxylic acids is 2. The number of halogens is 1. The Hall–Kier alpha value is -3.67. The number of hydrogen-bond donors (Lipinski definition) is 2. The van der Waals surface area contributed by atoms with Crippen LogP contribution in [0.15, 0.2) is 78.9 Å². The summed E-state index contributed by atoms with van der Waals surface area (Å²) < 4.78 is 19.0. The Balaban J connectivity index is 1.55. The van der Waals surface area contributed by atoms with Gasteiger partial charge >= 0.3 is 0 Å². The number of hydrogen-bond acceptors (Lipinski definition) is 3. The molecule has 0 aliphatic heterocycles. The first kappa shape index (κ1) is 19.1. The second kappa shape index (κ2) is 9.32. The Morgan fingerprint density at radius 3 is 2.43 bits per heavy atom. The zero-order chi connectivity index (χ0) is 19.8. The standard InChI is InChI=1S/C22H19FN2O3/c23-17-9-6-10-18(15-17)28-20-12-5-4-11-19(20)25-21(26)13-14-24-22(27)16-7-2-1-3-8-16/h1-12,15H,13-14H2,(H,24,27)(H,25,26). The van der Waals surface area contributed by atoms with Crippen molar-refractivity contribution in [3.8, 4) is 11.5 Å². The molecule has 0 aliphatic rings. The van der Waals surface area contributed by atoms with Crippen LogP contribution in [0.2, 0.25) is 0 Å². The lowest BCUT2D eigenvalue weighted by Gasteiger charge is -2.12. The van der Waals surface area contributed by atoms with Gasteiger partial charge in [-0.15, -0.1) is 0 Å². The number of rotatable bonds is 7. The van der Waals surface area contributed by atoms with Gasteiger partial charge in [0.15, 0.2) is 5.75 Å². The summed E-state index contributed by atoms with van der Waals surface area (Å²) >= 11 is 0. The Labute approximate surface area is 162 Å². The molecule has 0 spiro atoms. The van der Waals surface area contributed by atoms with E-state index in [0.717, 1.165) is 0 Å². The summed E-state index contributed by atoms with van der Waals surface area (Å²) in [5.41, 5.74) is 1.00. The number of carbonyl (C=O) groups is 2. The molecule has 3 rings (SSSR count). The van der Waals surface area contributed by atoms with Gasteiger partial charge in [0.25, 0.3) is 5.91 Å². The van der Waals surface area contributed by atoms with Crippen LogP contribution in [0.4, 0.5) is 10.1 Å². The highest BCUT2D eigenvalue weighted by molar-refractivity contribution is 5.95. The Morgan fingerprint density at radius 2 is 1.64 bits per heavy atom. The maximum absolute atomic E-state index is 13.3. The summed E-state index contributed by atoms with van der Waals surface area (Å²) in [6.07, 6.45) is 0.104. The van der Waals surface area contributed by atoms with Crippen LogP contribution in [0.3, 0.4) is 0 Å². The molecule has 0 atom stereocenters. The molecule has 6 heteroatoms. The van der Waals surface area contributed by atoms with E-state index in [0.29, 0.717) is 22.7 Å². The predicted molar refractivity (Wildman–Crippen MR) is 105 cm³/mol. The number of ether oxygens (including phenoxy) is 1. The first-order valence-electron chi connectivity index (χ1n) is 8.77. The van der Waals surface area contributed by atoms with Crippen molar-refractivity contribution < 1.29 is 18.7 Å². The normalized spacial score (nSPS) is 10.2. The highest BCUT2D eigenvalue weighted by Gasteiger charge is 2.10. The summed E-state index contributed by atoms with van der Waals surface area (Å²) in [7, 11) is 0. The van der Waals surface area contributed by atoms with Gasteiger partial charge in [0.05, 0.1) is 5.69 Å². The second-order valence-corrected chi connectivity index (χ2v) is 5.98. The number of para-hydroxylation sites is 2. The van der Waals surface area contributed by atoms with Gasteiger partial charge in [-0.25, -0.2) is 4.39 Å². The van der Waals surface area contributed by atoms with Crippen molar-refractivity contribution in [3.05, 3.63) is 90.2 Å². The molecule has 3 aromatic carbocycles. The lowest BCUT2D eigenvalue weighted by molar-refractivity contribution is -0.116.